The van der Waals surface area contributed by atoms with Crippen LogP contribution in [0, 0.1) is 0 Å². The van der Waals surface area contributed by atoms with Crippen molar-refractivity contribution in [1.82, 2.24) is 24.1 Å². The molecule has 0 unspecified atom stereocenters. The van der Waals surface area contributed by atoms with Crippen LogP contribution in [0.25, 0.3) is 109 Å². The molecule has 0 atom stereocenters. The van der Waals surface area contributed by atoms with E-state index >= 15 is 0 Å². The van der Waals surface area contributed by atoms with Crippen LogP contribution >= 0.6 is 11.3 Å². The van der Waals surface area contributed by atoms with Gasteiger partial charge in [-0.3, -0.25) is 0 Å². The number of hydrogen-bond donors (Lipinski definition) is 0. The summed E-state index contributed by atoms with van der Waals surface area (Å²) in [5.74, 6) is 1.93. The van der Waals surface area contributed by atoms with Gasteiger partial charge in [-0.05, 0) is 60.7 Å². The van der Waals surface area contributed by atoms with Crippen molar-refractivity contribution in [3.8, 4) is 45.5 Å². The van der Waals surface area contributed by atoms with Crippen LogP contribution in [0.15, 0.2) is 188 Å². The van der Waals surface area contributed by atoms with Crippen LogP contribution in [0.3, 0.4) is 0 Å². The second kappa shape index (κ2) is 12.6. The van der Waals surface area contributed by atoms with Gasteiger partial charge in [0.05, 0.1) is 22.1 Å². The minimum atomic E-state index is 0.631. The van der Waals surface area contributed by atoms with E-state index in [-0.39, 0.29) is 0 Å². The molecular weight excluding hydrogens is 715 g/mol. The molecular formula is C51H31N5S. The van der Waals surface area contributed by atoms with Crippen molar-refractivity contribution in [3.63, 3.8) is 0 Å². The van der Waals surface area contributed by atoms with Crippen LogP contribution in [0.2, 0.25) is 0 Å². The highest BCUT2D eigenvalue weighted by Crippen LogP contribution is 2.43. The zero-order valence-corrected chi connectivity index (χ0v) is 31.4. The Morgan fingerprint density at radius 1 is 0.316 bits per heavy atom. The Balaban J connectivity index is 1.07. The smallest absolute Gasteiger partial charge is 0.164 e. The molecule has 0 saturated carbocycles. The minimum Gasteiger partial charge on any atom is -0.309 e. The summed E-state index contributed by atoms with van der Waals surface area (Å²) < 4.78 is 7.26. The second-order valence-corrected chi connectivity index (χ2v) is 15.5. The molecule has 0 fully saturated rings. The lowest BCUT2D eigenvalue weighted by molar-refractivity contribution is 1.07. The molecule has 12 rings (SSSR count). The lowest BCUT2D eigenvalue weighted by Gasteiger charge is -2.12. The second-order valence-electron chi connectivity index (χ2n) is 14.4. The van der Waals surface area contributed by atoms with Crippen LogP contribution in [0.1, 0.15) is 0 Å². The summed E-state index contributed by atoms with van der Waals surface area (Å²) in [6.07, 6.45) is 0. The Kier molecular flexibility index (Phi) is 7.03. The molecule has 266 valence electrons. The van der Waals surface area contributed by atoms with Gasteiger partial charge in [0.2, 0.25) is 0 Å². The highest BCUT2D eigenvalue weighted by molar-refractivity contribution is 7.25. The predicted molar refractivity (Wildman–Crippen MR) is 238 cm³/mol. The number of benzene rings is 8. The van der Waals surface area contributed by atoms with Crippen LogP contribution in [0.4, 0.5) is 0 Å². The first-order chi connectivity index (χ1) is 28.3. The van der Waals surface area contributed by atoms with E-state index in [1.165, 1.54) is 52.8 Å². The van der Waals surface area contributed by atoms with Crippen LogP contribution in [-0.2, 0) is 0 Å². The molecule has 0 radical (unpaired) electrons. The summed E-state index contributed by atoms with van der Waals surface area (Å²) in [4.78, 5) is 15.4. The van der Waals surface area contributed by atoms with Crippen molar-refractivity contribution in [2.45, 2.75) is 0 Å². The summed E-state index contributed by atoms with van der Waals surface area (Å²) in [6.45, 7) is 0. The van der Waals surface area contributed by atoms with E-state index in [1.54, 1.807) is 11.3 Å². The molecule has 0 amide bonds. The SMILES string of the molecule is c1ccc(-c2nc(-c3cccc(-n4c5ccccc5c5c6c7ccccc7n(-c7ccccc7)c6ccc54)c3)nc(-c3ccc4c(c3)sc3ccccc34)n2)cc1. The largest absolute Gasteiger partial charge is 0.309 e. The number of aromatic nitrogens is 5. The first kappa shape index (κ1) is 31.9. The molecule has 12 aromatic rings. The van der Waals surface area contributed by atoms with E-state index in [9.17, 15) is 0 Å². The number of nitrogens with zero attached hydrogens (tertiary/aromatic N) is 5. The van der Waals surface area contributed by atoms with Gasteiger partial charge in [-0.25, -0.2) is 15.0 Å². The number of rotatable bonds is 5. The summed E-state index contributed by atoms with van der Waals surface area (Å²) >= 11 is 1.80. The number of hydrogen-bond acceptors (Lipinski definition) is 4. The first-order valence-corrected chi connectivity index (χ1v) is 19.9. The third-order valence-electron chi connectivity index (χ3n) is 11.2. The van der Waals surface area contributed by atoms with Gasteiger partial charge in [0.25, 0.3) is 0 Å². The van der Waals surface area contributed by atoms with Crippen LogP contribution < -0.4 is 0 Å². The van der Waals surface area contributed by atoms with Crippen LogP contribution in [0.5, 0.6) is 0 Å². The maximum Gasteiger partial charge on any atom is 0.164 e. The fourth-order valence-electron chi connectivity index (χ4n) is 8.65. The van der Waals surface area contributed by atoms with Gasteiger partial charge in [0.15, 0.2) is 17.5 Å². The molecule has 4 heterocycles. The molecule has 5 nitrogen and oxygen atoms in total. The summed E-state index contributed by atoms with van der Waals surface area (Å²) in [5.41, 5.74) is 9.69. The third-order valence-corrected chi connectivity index (χ3v) is 12.3. The molecule has 0 bridgehead atoms. The zero-order chi connectivity index (χ0) is 37.5. The molecule has 0 aliphatic rings. The molecule has 0 aliphatic carbocycles. The van der Waals surface area contributed by atoms with E-state index in [2.05, 4.69) is 179 Å². The lowest BCUT2D eigenvalue weighted by Crippen LogP contribution is -2.01. The Bertz CT molecular complexity index is 3520. The minimum absolute atomic E-state index is 0.631. The van der Waals surface area contributed by atoms with E-state index in [1.807, 2.05) is 18.2 Å². The van der Waals surface area contributed by atoms with Crippen molar-refractivity contribution in [3.05, 3.63) is 188 Å². The summed E-state index contributed by atoms with van der Waals surface area (Å²) in [7, 11) is 0. The van der Waals surface area contributed by atoms with Crippen molar-refractivity contribution >= 4 is 75.1 Å². The first-order valence-electron chi connectivity index (χ1n) is 19.1. The number of thiophene rings is 1. The zero-order valence-electron chi connectivity index (χ0n) is 30.5. The van der Waals surface area contributed by atoms with Gasteiger partial charge in [-0.15, -0.1) is 11.3 Å². The predicted octanol–water partition coefficient (Wildman–Crippen LogP) is 13.4. The topological polar surface area (TPSA) is 48.5 Å². The van der Waals surface area contributed by atoms with Gasteiger partial charge in [0.1, 0.15) is 0 Å². The third kappa shape index (κ3) is 4.98. The fourth-order valence-corrected chi connectivity index (χ4v) is 9.80. The Morgan fingerprint density at radius 3 is 1.49 bits per heavy atom. The molecule has 57 heavy (non-hydrogen) atoms. The van der Waals surface area contributed by atoms with E-state index < -0.39 is 0 Å². The summed E-state index contributed by atoms with van der Waals surface area (Å²) in [6, 6.07) is 66.7. The van der Waals surface area contributed by atoms with E-state index in [0.29, 0.717) is 17.5 Å². The highest BCUT2D eigenvalue weighted by Gasteiger charge is 2.21. The van der Waals surface area contributed by atoms with Gasteiger partial charge < -0.3 is 9.13 Å². The molecule has 0 N–H and O–H groups in total. The molecule has 0 spiro atoms. The molecule has 8 aromatic carbocycles. The van der Waals surface area contributed by atoms with Crippen molar-refractivity contribution in [2.24, 2.45) is 0 Å². The van der Waals surface area contributed by atoms with Crippen molar-refractivity contribution in [2.75, 3.05) is 0 Å². The standard InChI is InChI=1S/C51H31N5S/c1-3-14-32(15-4-1)49-52-50(54-51(53-49)34-26-27-38-37-20-9-12-25-45(37)57-46(38)31-34)33-16-13-19-36(30-33)56-42-24-11-8-22-40(42)48-44(56)29-28-43-47(48)39-21-7-10-23-41(39)55(43)35-17-5-2-6-18-35/h1-31H. The number of fused-ring (bicyclic) bond motifs is 10. The molecule has 0 saturated heterocycles. The highest BCUT2D eigenvalue weighted by atomic mass is 32.1. The monoisotopic (exact) mass is 745 g/mol. The summed E-state index contributed by atoms with van der Waals surface area (Å²) in [5, 5.41) is 7.46. The quantitative estimate of drug-likeness (QED) is 0.176. The normalized spacial score (nSPS) is 11.9. The maximum atomic E-state index is 5.18. The Morgan fingerprint density at radius 2 is 0.807 bits per heavy atom. The van der Waals surface area contributed by atoms with Crippen molar-refractivity contribution in [1.29, 1.82) is 0 Å². The molecule has 4 aromatic heterocycles. The van der Waals surface area contributed by atoms with Gasteiger partial charge in [0, 0.05) is 69.8 Å². The Hall–Kier alpha value is -7.41. The van der Waals surface area contributed by atoms with E-state index in [0.717, 1.165) is 39.1 Å². The van der Waals surface area contributed by atoms with E-state index in [4.69, 9.17) is 15.0 Å². The van der Waals surface area contributed by atoms with Gasteiger partial charge in [-0.2, -0.15) is 0 Å². The molecule has 0 aliphatic heterocycles. The lowest BCUT2D eigenvalue weighted by atomic mass is 10.1. The van der Waals surface area contributed by atoms with Gasteiger partial charge >= 0.3 is 0 Å². The average molecular weight is 746 g/mol. The molecule has 6 heteroatoms. The van der Waals surface area contributed by atoms with Crippen LogP contribution in [-0.4, -0.2) is 24.1 Å². The number of para-hydroxylation sites is 3. The average Bonchev–Trinajstić information content (AvgIpc) is 3.94. The van der Waals surface area contributed by atoms with Crippen molar-refractivity contribution < 1.29 is 0 Å². The maximum absolute atomic E-state index is 5.18. The Labute approximate surface area is 331 Å². The van der Waals surface area contributed by atoms with Gasteiger partial charge in [-0.1, -0.05) is 127 Å². The fraction of sp³-hybridized carbons (Fsp3) is 0.